The van der Waals surface area contributed by atoms with E-state index in [1.807, 2.05) is 13.8 Å². The van der Waals surface area contributed by atoms with E-state index >= 15 is 0 Å². The topological polar surface area (TPSA) is 66.5 Å². The molecule has 1 rings (SSSR count). The first-order valence-corrected chi connectivity index (χ1v) is 5.52. The largest absolute Gasteiger partial charge is 0.507 e. The molecule has 0 bridgehead atoms. The van der Waals surface area contributed by atoms with Gasteiger partial charge < -0.3 is 15.9 Å². The summed E-state index contributed by atoms with van der Waals surface area (Å²) in [5.41, 5.74) is 6.55. The molecule has 0 spiro atoms. The molecule has 0 aliphatic carbocycles. The predicted molar refractivity (Wildman–Crippen MR) is 70.9 cm³/mol. The molecule has 5 heteroatoms. The second kappa shape index (κ2) is 5.87. The van der Waals surface area contributed by atoms with Gasteiger partial charge in [-0.3, -0.25) is 0 Å². The van der Waals surface area contributed by atoms with E-state index in [0.717, 1.165) is 5.56 Å². The van der Waals surface area contributed by atoms with Gasteiger partial charge >= 0.3 is 0 Å². The quantitative estimate of drug-likeness (QED) is 0.804. The molecular formula is C11H17BrClNO2. The lowest BCUT2D eigenvalue weighted by molar-refractivity contribution is 0.132. The maximum atomic E-state index is 9.35. The van der Waals surface area contributed by atoms with Crippen molar-refractivity contribution in [3.63, 3.8) is 0 Å². The number of nitrogens with two attached hydrogens (primary N) is 1. The fraction of sp³-hybridized carbons (Fsp3) is 0.455. The normalized spacial score (nSPS) is 13.1. The number of hydrogen-bond acceptors (Lipinski definition) is 3. The van der Waals surface area contributed by atoms with Gasteiger partial charge in [-0.2, -0.15) is 0 Å². The van der Waals surface area contributed by atoms with Crippen LogP contribution in [0.3, 0.4) is 0 Å². The minimum Gasteiger partial charge on any atom is -0.507 e. The number of hydrogen-bond donors (Lipinski definition) is 3. The van der Waals surface area contributed by atoms with Crippen LogP contribution < -0.4 is 5.73 Å². The van der Waals surface area contributed by atoms with Crippen LogP contribution in [0.25, 0.3) is 0 Å². The average Bonchev–Trinajstić information content (AvgIpc) is 2.21. The maximum Gasteiger partial charge on any atom is 0.129 e. The fourth-order valence-electron chi connectivity index (χ4n) is 1.27. The van der Waals surface area contributed by atoms with Crippen LogP contribution in [-0.4, -0.2) is 16.8 Å². The van der Waals surface area contributed by atoms with Crippen LogP contribution in [0, 0.1) is 5.41 Å². The molecule has 4 N–H and O–H groups in total. The summed E-state index contributed by atoms with van der Waals surface area (Å²) in [4.78, 5) is 0. The van der Waals surface area contributed by atoms with Crippen molar-refractivity contribution in [1.82, 2.24) is 0 Å². The van der Waals surface area contributed by atoms with Gasteiger partial charge in [-0.25, -0.2) is 0 Å². The summed E-state index contributed by atoms with van der Waals surface area (Å²) < 4.78 is 0.615. The first-order valence-electron chi connectivity index (χ1n) is 4.73. The van der Waals surface area contributed by atoms with Crippen molar-refractivity contribution in [2.75, 3.05) is 6.61 Å². The fourth-order valence-corrected chi connectivity index (χ4v) is 1.66. The van der Waals surface area contributed by atoms with E-state index in [0.29, 0.717) is 4.47 Å². The van der Waals surface area contributed by atoms with Gasteiger partial charge in [0.05, 0.1) is 4.47 Å². The first-order chi connectivity index (χ1) is 6.88. The Morgan fingerprint density at radius 2 is 2.00 bits per heavy atom. The van der Waals surface area contributed by atoms with Crippen molar-refractivity contribution in [1.29, 1.82) is 0 Å². The Bertz CT molecular complexity index is 358. The molecule has 0 saturated heterocycles. The Morgan fingerprint density at radius 1 is 1.44 bits per heavy atom. The van der Waals surface area contributed by atoms with Crippen molar-refractivity contribution < 1.29 is 10.2 Å². The summed E-state index contributed by atoms with van der Waals surface area (Å²) in [6, 6.07) is 4.87. The zero-order valence-electron chi connectivity index (χ0n) is 9.27. The minimum atomic E-state index is -0.379. The Labute approximate surface area is 110 Å². The minimum absolute atomic E-state index is 0. The van der Waals surface area contributed by atoms with E-state index in [1.54, 1.807) is 18.2 Å². The summed E-state index contributed by atoms with van der Waals surface area (Å²) >= 11 is 3.23. The van der Waals surface area contributed by atoms with E-state index in [9.17, 15) is 10.2 Å². The highest BCUT2D eigenvalue weighted by Gasteiger charge is 2.27. The molecule has 16 heavy (non-hydrogen) atoms. The van der Waals surface area contributed by atoms with E-state index in [1.165, 1.54) is 0 Å². The van der Waals surface area contributed by atoms with Gasteiger partial charge in [-0.05, 0) is 33.6 Å². The van der Waals surface area contributed by atoms with Crippen molar-refractivity contribution >= 4 is 28.3 Å². The number of aliphatic hydroxyl groups is 1. The van der Waals surface area contributed by atoms with Gasteiger partial charge in [0.2, 0.25) is 0 Å². The second-order valence-corrected chi connectivity index (χ2v) is 5.19. The zero-order valence-corrected chi connectivity index (χ0v) is 11.7. The highest BCUT2D eigenvalue weighted by Crippen LogP contribution is 2.34. The van der Waals surface area contributed by atoms with Gasteiger partial charge in [0.25, 0.3) is 0 Å². The van der Waals surface area contributed by atoms with Crippen LogP contribution in [0.5, 0.6) is 5.75 Å². The number of halogens is 2. The molecule has 1 atom stereocenters. The molecule has 0 aliphatic rings. The third-order valence-corrected chi connectivity index (χ3v) is 3.22. The van der Waals surface area contributed by atoms with Crippen LogP contribution in [0.15, 0.2) is 22.7 Å². The third kappa shape index (κ3) is 3.35. The molecule has 0 heterocycles. The molecule has 0 fully saturated rings. The van der Waals surface area contributed by atoms with E-state index in [4.69, 9.17) is 5.73 Å². The van der Waals surface area contributed by atoms with Gasteiger partial charge in [-0.15, -0.1) is 12.4 Å². The van der Waals surface area contributed by atoms with Crippen molar-refractivity contribution in [3.8, 4) is 5.75 Å². The lowest BCUT2D eigenvalue weighted by atomic mass is 9.82. The van der Waals surface area contributed by atoms with Crippen molar-refractivity contribution in [2.24, 2.45) is 11.1 Å². The molecular weight excluding hydrogens is 293 g/mol. The maximum absolute atomic E-state index is 9.35. The highest BCUT2D eigenvalue weighted by molar-refractivity contribution is 9.10. The summed E-state index contributed by atoms with van der Waals surface area (Å²) in [5.74, 6) is 0.188. The van der Waals surface area contributed by atoms with E-state index in [2.05, 4.69) is 15.9 Å². The van der Waals surface area contributed by atoms with Gasteiger partial charge in [0.15, 0.2) is 0 Å². The zero-order chi connectivity index (χ0) is 11.6. The number of aromatic hydroxyl groups is 1. The van der Waals surface area contributed by atoms with Crippen LogP contribution in [0.1, 0.15) is 25.5 Å². The number of rotatable bonds is 3. The summed E-state index contributed by atoms with van der Waals surface area (Å²) in [6.45, 7) is 3.82. The molecule has 1 aromatic rings. The smallest absolute Gasteiger partial charge is 0.129 e. The van der Waals surface area contributed by atoms with Crippen molar-refractivity contribution in [3.05, 3.63) is 28.2 Å². The SMILES string of the molecule is CC(C)(CO)[C@H](N)c1ccc(O)c(Br)c1.Cl. The van der Waals surface area contributed by atoms with E-state index in [-0.39, 0.29) is 36.2 Å². The molecule has 1 aromatic carbocycles. The molecule has 0 aliphatic heterocycles. The first kappa shape index (κ1) is 15.7. The molecule has 0 saturated carbocycles. The Kier molecular flexibility index (Phi) is 5.76. The number of phenols is 1. The number of benzene rings is 1. The summed E-state index contributed by atoms with van der Waals surface area (Å²) in [6.07, 6.45) is 0. The molecule has 0 unspecified atom stereocenters. The van der Waals surface area contributed by atoms with Gasteiger partial charge in [0, 0.05) is 18.1 Å². The van der Waals surface area contributed by atoms with E-state index < -0.39 is 0 Å². The predicted octanol–water partition coefficient (Wildman–Crippen LogP) is 2.59. The standard InChI is InChI=1S/C11H16BrNO2.ClH/c1-11(2,6-14)10(13)7-3-4-9(15)8(12)5-7;/h3-5,10,14-15H,6,13H2,1-2H3;1H/t10-;/m1./s1. The van der Waals surface area contributed by atoms with Crippen LogP contribution in [0.2, 0.25) is 0 Å². The van der Waals surface area contributed by atoms with Crippen LogP contribution >= 0.6 is 28.3 Å². The Morgan fingerprint density at radius 3 is 2.44 bits per heavy atom. The monoisotopic (exact) mass is 309 g/mol. The van der Waals surface area contributed by atoms with Crippen LogP contribution in [0.4, 0.5) is 0 Å². The Hall–Kier alpha value is -0.290. The average molecular weight is 311 g/mol. The Balaban J connectivity index is 0.00000225. The molecule has 92 valence electrons. The summed E-state index contributed by atoms with van der Waals surface area (Å²) in [7, 11) is 0. The molecule has 0 aromatic heterocycles. The number of phenolic OH excluding ortho intramolecular Hbond substituents is 1. The highest BCUT2D eigenvalue weighted by atomic mass is 79.9. The van der Waals surface area contributed by atoms with Gasteiger partial charge in [-0.1, -0.05) is 19.9 Å². The molecule has 0 amide bonds. The lowest BCUT2D eigenvalue weighted by Gasteiger charge is -2.29. The molecule has 0 radical (unpaired) electrons. The number of aliphatic hydroxyl groups excluding tert-OH is 1. The molecule has 3 nitrogen and oxygen atoms in total. The van der Waals surface area contributed by atoms with Crippen molar-refractivity contribution in [2.45, 2.75) is 19.9 Å². The second-order valence-electron chi connectivity index (χ2n) is 4.34. The lowest BCUT2D eigenvalue weighted by Crippen LogP contribution is -2.32. The third-order valence-electron chi connectivity index (χ3n) is 2.58. The van der Waals surface area contributed by atoms with Crippen LogP contribution in [-0.2, 0) is 0 Å². The summed E-state index contributed by atoms with van der Waals surface area (Å²) in [5, 5.41) is 18.6. The van der Waals surface area contributed by atoms with Gasteiger partial charge in [0.1, 0.15) is 5.75 Å².